The van der Waals surface area contributed by atoms with Crippen molar-refractivity contribution in [3.05, 3.63) is 47.3 Å². The smallest absolute Gasteiger partial charge is 0.337 e. The Morgan fingerprint density at radius 3 is 2.52 bits per heavy atom. The van der Waals surface area contributed by atoms with Crippen LogP contribution in [0, 0.1) is 13.8 Å². The Morgan fingerprint density at radius 1 is 1.19 bits per heavy atom. The van der Waals surface area contributed by atoms with Crippen LogP contribution in [-0.2, 0) is 10.0 Å². The van der Waals surface area contributed by atoms with Gasteiger partial charge in [0.05, 0.1) is 11.3 Å². The van der Waals surface area contributed by atoms with Gasteiger partial charge in [0.2, 0.25) is 0 Å². The molecule has 27 heavy (non-hydrogen) atoms. The average molecular weight is 389 g/mol. The summed E-state index contributed by atoms with van der Waals surface area (Å²) in [6, 6.07) is 5.73. The molecule has 2 aromatic heterocycles. The van der Waals surface area contributed by atoms with Crippen LogP contribution in [0.1, 0.15) is 35.5 Å². The summed E-state index contributed by atoms with van der Waals surface area (Å²) in [6.07, 6.45) is 1.57. The second-order valence-electron chi connectivity index (χ2n) is 6.38. The van der Waals surface area contributed by atoms with Gasteiger partial charge in [-0.3, -0.25) is 4.31 Å². The van der Waals surface area contributed by atoms with Crippen LogP contribution in [-0.4, -0.2) is 45.1 Å². The third kappa shape index (κ3) is 3.23. The zero-order valence-corrected chi connectivity index (χ0v) is 16.1. The first-order valence-electron chi connectivity index (χ1n) is 8.20. The van der Waals surface area contributed by atoms with Gasteiger partial charge in [0.1, 0.15) is 0 Å². The monoisotopic (exact) mass is 389 g/mol. The van der Waals surface area contributed by atoms with E-state index >= 15 is 0 Å². The molecule has 0 radical (unpaired) electrons. The van der Waals surface area contributed by atoms with Crippen LogP contribution in [0.2, 0.25) is 0 Å². The van der Waals surface area contributed by atoms with Crippen LogP contribution in [0.5, 0.6) is 0 Å². The van der Waals surface area contributed by atoms with Gasteiger partial charge in [-0.25, -0.2) is 14.3 Å². The van der Waals surface area contributed by atoms with E-state index in [0.717, 1.165) is 4.31 Å². The number of benzene rings is 1. The molecule has 0 bridgehead atoms. The van der Waals surface area contributed by atoms with Crippen molar-refractivity contribution in [3.63, 3.8) is 0 Å². The number of carboxylic acid groups (broad SMARTS) is 1. The molecule has 0 saturated heterocycles. The number of fused-ring (bicyclic) bond motifs is 1. The lowest BCUT2D eigenvalue weighted by Gasteiger charge is -2.29. The van der Waals surface area contributed by atoms with Gasteiger partial charge >= 0.3 is 16.0 Å². The maximum atomic E-state index is 13.3. The Morgan fingerprint density at radius 2 is 1.89 bits per heavy atom. The molecule has 142 valence electrons. The molecule has 0 aliphatic rings. The number of aromatic carboxylic acids is 1. The van der Waals surface area contributed by atoms with Gasteiger partial charge in [0.15, 0.2) is 0 Å². The molecule has 3 aromatic rings. The number of anilines is 1. The van der Waals surface area contributed by atoms with Crippen molar-refractivity contribution in [2.24, 2.45) is 0 Å². The van der Waals surface area contributed by atoms with Crippen molar-refractivity contribution in [2.75, 3.05) is 4.31 Å². The molecular formula is C17H19N5O4S. The summed E-state index contributed by atoms with van der Waals surface area (Å²) < 4.78 is 29.0. The highest BCUT2D eigenvalue weighted by atomic mass is 32.2. The Balaban J connectivity index is 2.24. The maximum Gasteiger partial charge on any atom is 0.337 e. The minimum atomic E-state index is -4.22. The molecule has 10 heteroatoms. The highest BCUT2D eigenvalue weighted by Gasteiger charge is 2.35. The minimum absolute atomic E-state index is 0.1000. The summed E-state index contributed by atoms with van der Waals surface area (Å²) in [6.45, 7) is 6.74. The SMILES string of the molecule is Cc1ccn2nc(S(=O)(=O)N(c3c(C)cccc3C(=O)O)C(C)C)nc2n1. The summed E-state index contributed by atoms with van der Waals surface area (Å²) in [5.41, 5.74) is 1.18. The second-order valence-corrected chi connectivity index (χ2v) is 8.09. The lowest BCUT2D eigenvalue weighted by Crippen LogP contribution is -2.39. The van der Waals surface area contributed by atoms with E-state index in [9.17, 15) is 18.3 Å². The highest BCUT2D eigenvalue weighted by molar-refractivity contribution is 7.92. The molecule has 0 unspecified atom stereocenters. The molecule has 0 aliphatic heterocycles. The lowest BCUT2D eigenvalue weighted by molar-refractivity contribution is 0.0697. The number of para-hydroxylation sites is 1. The van der Waals surface area contributed by atoms with Gasteiger partial charge in [0.25, 0.3) is 10.9 Å². The number of carbonyl (C=O) groups is 1. The normalized spacial score (nSPS) is 11.9. The number of nitrogens with zero attached hydrogens (tertiary/aromatic N) is 5. The van der Waals surface area contributed by atoms with Crippen molar-refractivity contribution >= 4 is 27.5 Å². The van der Waals surface area contributed by atoms with E-state index in [-0.39, 0.29) is 17.0 Å². The maximum absolute atomic E-state index is 13.3. The minimum Gasteiger partial charge on any atom is -0.478 e. The summed E-state index contributed by atoms with van der Waals surface area (Å²) in [5.74, 6) is -1.06. The lowest BCUT2D eigenvalue weighted by atomic mass is 10.1. The van der Waals surface area contributed by atoms with E-state index in [4.69, 9.17) is 0 Å². The van der Waals surface area contributed by atoms with E-state index in [1.165, 1.54) is 10.6 Å². The Kier molecular flexibility index (Phi) is 4.60. The summed E-state index contributed by atoms with van der Waals surface area (Å²) in [4.78, 5) is 19.9. The fourth-order valence-corrected chi connectivity index (χ4v) is 4.42. The van der Waals surface area contributed by atoms with Crippen molar-refractivity contribution in [1.82, 2.24) is 19.6 Å². The van der Waals surface area contributed by atoms with E-state index in [0.29, 0.717) is 11.3 Å². The highest BCUT2D eigenvalue weighted by Crippen LogP contribution is 2.31. The summed E-state index contributed by atoms with van der Waals surface area (Å²) in [7, 11) is -4.22. The van der Waals surface area contributed by atoms with E-state index in [1.54, 1.807) is 52.1 Å². The van der Waals surface area contributed by atoms with Crippen molar-refractivity contribution in [1.29, 1.82) is 0 Å². The number of hydrogen-bond donors (Lipinski definition) is 1. The first-order valence-corrected chi connectivity index (χ1v) is 9.64. The molecule has 3 rings (SSSR count). The Bertz CT molecular complexity index is 1140. The van der Waals surface area contributed by atoms with Gasteiger partial charge in [-0.05, 0) is 45.4 Å². The van der Waals surface area contributed by atoms with Crippen molar-refractivity contribution in [3.8, 4) is 0 Å². The molecule has 1 aromatic carbocycles. The van der Waals surface area contributed by atoms with Crippen LogP contribution in [0.3, 0.4) is 0 Å². The zero-order chi connectivity index (χ0) is 19.9. The van der Waals surface area contributed by atoms with Gasteiger partial charge in [-0.2, -0.15) is 13.4 Å². The largest absolute Gasteiger partial charge is 0.478 e. The fourth-order valence-electron chi connectivity index (χ4n) is 2.82. The molecule has 1 N–H and O–H groups in total. The van der Waals surface area contributed by atoms with Crippen LogP contribution >= 0.6 is 0 Å². The molecular weight excluding hydrogens is 370 g/mol. The number of sulfonamides is 1. The van der Waals surface area contributed by atoms with Crippen LogP contribution in [0.25, 0.3) is 5.78 Å². The number of hydrogen-bond acceptors (Lipinski definition) is 6. The predicted octanol–water partition coefficient (Wildman–Crippen LogP) is 2.04. The molecule has 0 aliphatic carbocycles. The van der Waals surface area contributed by atoms with Gasteiger partial charge in [-0.1, -0.05) is 12.1 Å². The van der Waals surface area contributed by atoms with E-state index in [2.05, 4.69) is 15.1 Å². The first-order chi connectivity index (χ1) is 12.6. The molecule has 0 amide bonds. The third-order valence-electron chi connectivity index (χ3n) is 3.97. The van der Waals surface area contributed by atoms with Crippen molar-refractivity contribution in [2.45, 2.75) is 38.9 Å². The topological polar surface area (TPSA) is 118 Å². The van der Waals surface area contributed by atoms with Crippen molar-refractivity contribution < 1.29 is 18.3 Å². The molecule has 2 heterocycles. The molecule has 0 atom stereocenters. The van der Waals surface area contributed by atoms with Gasteiger partial charge < -0.3 is 5.11 Å². The van der Waals surface area contributed by atoms with E-state index in [1.807, 2.05) is 0 Å². The molecule has 0 spiro atoms. The standard InChI is InChI=1S/C17H19N5O4S/c1-10(2)22(14-11(3)6-5-7-13(14)15(23)24)27(25,26)17-19-16-18-12(4)8-9-21(16)20-17/h5-10H,1-4H3,(H,23,24). The number of rotatable bonds is 5. The average Bonchev–Trinajstić information content (AvgIpc) is 2.99. The Labute approximate surface area is 156 Å². The molecule has 0 fully saturated rings. The quantitative estimate of drug-likeness (QED) is 0.709. The van der Waals surface area contributed by atoms with Crippen LogP contribution < -0.4 is 4.31 Å². The first kappa shape index (κ1) is 18.8. The molecule has 0 saturated carbocycles. The zero-order valence-electron chi connectivity index (χ0n) is 15.3. The molecule has 9 nitrogen and oxygen atoms in total. The fraction of sp³-hybridized carbons (Fsp3) is 0.294. The Hall–Kier alpha value is -3.01. The third-order valence-corrected chi connectivity index (χ3v) is 5.73. The van der Waals surface area contributed by atoms with E-state index < -0.39 is 27.2 Å². The number of carboxylic acids is 1. The summed E-state index contributed by atoms with van der Waals surface area (Å²) >= 11 is 0. The number of aryl methyl sites for hydroxylation is 2. The second kappa shape index (κ2) is 6.62. The predicted molar refractivity (Wildman–Crippen MR) is 98.5 cm³/mol. The van der Waals surface area contributed by atoms with Gasteiger partial charge in [0, 0.05) is 17.9 Å². The van der Waals surface area contributed by atoms with Gasteiger partial charge in [-0.15, -0.1) is 5.10 Å². The van der Waals surface area contributed by atoms with Crippen LogP contribution in [0.4, 0.5) is 5.69 Å². The number of aromatic nitrogens is 4. The summed E-state index contributed by atoms with van der Waals surface area (Å²) in [5, 5.41) is 13.1. The van der Waals surface area contributed by atoms with Crippen LogP contribution in [0.15, 0.2) is 35.6 Å².